The minimum Gasteiger partial charge on any atom is -0.267 e. The molecular formula is C21H17ClN4O. The molecule has 134 valence electrons. The molecule has 27 heavy (non-hydrogen) atoms. The van der Waals surface area contributed by atoms with Gasteiger partial charge in [-0.15, -0.1) is 0 Å². The average Bonchev–Trinajstić information content (AvgIpc) is 3.02. The molecule has 0 aliphatic heterocycles. The van der Waals surface area contributed by atoms with Crippen LogP contribution in [0.1, 0.15) is 27.3 Å². The van der Waals surface area contributed by atoms with Gasteiger partial charge in [-0.2, -0.15) is 5.10 Å². The van der Waals surface area contributed by atoms with Crippen LogP contribution in [0, 0.1) is 20.8 Å². The third-order valence-corrected chi connectivity index (χ3v) is 4.94. The van der Waals surface area contributed by atoms with Crippen LogP contribution >= 0.6 is 11.6 Å². The third-order valence-electron chi connectivity index (χ3n) is 4.53. The van der Waals surface area contributed by atoms with Crippen molar-refractivity contribution in [3.05, 3.63) is 76.2 Å². The summed E-state index contributed by atoms with van der Waals surface area (Å²) in [6.45, 7) is 5.63. The summed E-state index contributed by atoms with van der Waals surface area (Å²) in [7, 11) is 0. The highest BCUT2D eigenvalue weighted by Gasteiger charge is 2.20. The molecule has 0 fully saturated rings. The van der Waals surface area contributed by atoms with Crippen molar-refractivity contribution in [3.8, 4) is 11.4 Å². The Labute approximate surface area is 161 Å². The van der Waals surface area contributed by atoms with Crippen molar-refractivity contribution >= 4 is 28.4 Å². The van der Waals surface area contributed by atoms with Gasteiger partial charge in [0.05, 0.1) is 28.2 Å². The number of carbonyl (C=O) groups excluding carboxylic acids is 1. The van der Waals surface area contributed by atoms with Crippen molar-refractivity contribution in [3.63, 3.8) is 0 Å². The molecule has 0 bridgehead atoms. The van der Waals surface area contributed by atoms with Gasteiger partial charge < -0.3 is 0 Å². The maximum Gasteiger partial charge on any atom is 0.279 e. The zero-order chi connectivity index (χ0) is 19.1. The van der Waals surface area contributed by atoms with Crippen LogP contribution in [0.15, 0.2) is 48.7 Å². The molecule has 3 aromatic heterocycles. The zero-order valence-corrected chi connectivity index (χ0v) is 15.9. The molecule has 3 heterocycles. The maximum atomic E-state index is 13.3. The zero-order valence-electron chi connectivity index (χ0n) is 15.2. The molecule has 6 heteroatoms. The lowest BCUT2D eigenvalue weighted by Crippen LogP contribution is -2.16. The lowest BCUT2D eigenvalue weighted by atomic mass is 10.0. The van der Waals surface area contributed by atoms with E-state index in [1.807, 2.05) is 51.1 Å². The van der Waals surface area contributed by atoms with E-state index in [0.29, 0.717) is 27.5 Å². The van der Waals surface area contributed by atoms with Gasteiger partial charge in [-0.05, 0) is 56.7 Å². The van der Waals surface area contributed by atoms with Crippen molar-refractivity contribution in [2.75, 3.05) is 0 Å². The van der Waals surface area contributed by atoms with E-state index in [1.165, 1.54) is 4.68 Å². The fourth-order valence-corrected chi connectivity index (χ4v) is 3.33. The largest absolute Gasteiger partial charge is 0.279 e. The molecule has 5 nitrogen and oxygen atoms in total. The number of pyridine rings is 2. The topological polar surface area (TPSA) is 60.7 Å². The highest BCUT2D eigenvalue weighted by atomic mass is 35.5. The Morgan fingerprint density at radius 2 is 1.85 bits per heavy atom. The number of aryl methyl sites for hydroxylation is 3. The molecule has 4 aromatic rings. The van der Waals surface area contributed by atoms with Crippen LogP contribution in [-0.2, 0) is 0 Å². The van der Waals surface area contributed by atoms with E-state index >= 15 is 0 Å². The molecule has 0 atom stereocenters. The van der Waals surface area contributed by atoms with E-state index in [9.17, 15) is 4.79 Å². The van der Waals surface area contributed by atoms with Gasteiger partial charge in [-0.3, -0.25) is 9.78 Å². The minimum atomic E-state index is -0.202. The molecule has 0 aliphatic carbocycles. The summed E-state index contributed by atoms with van der Waals surface area (Å²) < 4.78 is 1.43. The summed E-state index contributed by atoms with van der Waals surface area (Å²) >= 11 is 6.31. The van der Waals surface area contributed by atoms with Crippen molar-refractivity contribution in [1.29, 1.82) is 0 Å². The average molecular weight is 377 g/mol. The lowest BCUT2D eigenvalue weighted by Gasteiger charge is -2.12. The molecule has 4 rings (SSSR count). The molecule has 0 radical (unpaired) electrons. The van der Waals surface area contributed by atoms with E-state index < -0.39 is 0 Å². The summed E-state index contributed by atoms with van der Waals surface area (Å²) in [5, 5.41) is 5.69. The van der Waals surface area contributed by atoms with Gasteiger partial charge in [0.15, 0.2) is 0 Å². The second-order valence-electron chi connectivity index (χ2n) is 6.48. The molecule has 0 amide bonds. The Hall–Kier alpha value is -3.05. The Morgan fingerprint density at radius 3 is 2.52 bits per heavy atom. The van der Waals surface area contributed by atoms with Crippen LogP contribution in [0.4, 0.5) is 0 Å². The summed E-state index contributed by atoms with van der Waals surface area (Å²) in [4.78, 5) is 22.4. The number of rotatable bonds is 2. The molecule has 0 unspecified atom stereocenters. The monoisotopic (exact) mass is 376 g/mol. The predicted octanol–water partition coefficient (Wildman–Crippen LogP) is 4.76. The number of benzene rings is 1. The molecule has 0 spiro atoms. The van der Waals surface area contributed by atoms with Gasteiger partial charge in [0.2, 0.25) is 0 Å². The SMILES string of the molecule is Cc1cc(C)n(C(=O)c2cc(-c3ccccn3)nc3c(C)c(Cl)ccc23)n1. The fraction of sp³-hybridized carbons (Fsp3) is 0.143. The molecule has 0 N–H and O–H groups in total. The normalized spacial score (nSPS) is 11.1. The van der Waals surface area contributed by atoms with Gasteiger partial charge in [-0.25, -0.2) is 9.67 Å². The Morgan fingerprint density at radius 1 is 1.04 bits per heavy atom. The van der Waals surface area contributed by atoms with Crippen molar-refractivity contribution in [2.24, 2.45) is 0 Å². The smallest absolute Gasteiger partial charge is 0.267 e. The summed E-state index contributed by atoms with van der Waals surface area (Å²) in [6.07, 6.45) is 1.70. The van der Waals surface area contributed by atoms with Crippen molar-refractivity contribution in [1.82, 2.24) is 19.7 Å². The molecular weight excluding hydrogens is 360 g/mol. The number of fused-ring (bicyclic) bond motifs is 1. The summed E-state index contributed by atoms with van der Waals surface area (Å²) in [5.41, 5.74) is 4.94. The summed E-state index contributed by atoms with van der Waals surface area (Å²) in [5.74, 6) is -0.202. The van der Waals surface area contributed by atoms with Crippen LogP contribution in [-0.4, -0.2) is 25.7 Å². The quantitative estimate of drug-likeness (QED) is 0.506. The van der Waals surface area contributed by atoms with Gasteiger partial charge in [-0.1, -0.05) is 23.7 Å². The Balaban J connectivity index is 2.02. The predicted molar refractivity (Wildman–Crippen MR) is 106 cm³/mol. The lowest BCUT2D eigenvalue weighted by molar-refractivity contribution is 0.0944. The molecule has 0 saturated carbocycles. The van der Waals surface area contributed by atoms with Gasteiger partial charge in [0.1, 0.15) is 0 Å². The maximum absolute atomic E-state index is 13.3. The van der Waals surface area contributed by atoms with Gasteiger partial charge in [0, 0.05) is 22.3 Å². The molecule has 1 aromatic carbocycles. The molecule has 0 aliphatic rings. The first kappa shape index (κ1) is 17.4. The number of halogens is 1. The van der Waals surface area contributed by atoms with Gasteiger partial charge in [0.25, 0.3) is 5.91 Å². The standard InChI is InChI=1S/C21H17ClN4O/c1-12-10-13(2)26(25-12)21(27)16-11-19(18-6-4-5-9-23-18)24-20-14(3)17(22)8-7-15(16)20/h4-11H,1-3H3. The number of carbonyl (C=O) groups is 1. The number of hydrogen-bond acceptors (Lipinski definition) is 4. The van der Waals surface area contributed by atoms with Crippen LogP contribution in [0.25, 0.3) is 22.3 Å². The number of nitrogens with zero attached hydrogens (tertiary/aromatic N) is 4. The fourth-order valence-electron chi connectivity index (χ4n) is 3.18. The molecule has 0 saturated heterocycles. The van der Waals surface area contributed by atoms with E-state index in [0.717, 1.165) is 22.3 Å². The van der Waals surface area contributed by atoms with Crippen LogP contribution in [0.5, 0.6) is 0 Å². The first-order valence-electron chi connectivity index (χ1n) is 8.55. The third kappa shape index (κ3) is 3.00. The van der Waals surface area contributed by atoms with E-state index in [1.54, 1.807) is 18.3 Å². The Bertz CT molecular complexity index is 1180. The van der Waals surface area contributed by atoms with E-state index in [2.05, 4.69) is 10.1 Å². The van der Waals surface area contributed by atoms with Gasteiger partial charge >= 0.3 is 0 Å². The number of aromatic nitrogens is 4. The highest BCUT2D eigenvalue weighted by Crippen LogP contribution is 2.30. The minimum absolute atomic E-state index is 0.202. The second kappa shape index (κ2) is 6.59. The van der Waals surface area contributed by atoms with Crippen LogP contribution in [0.3, 0.4) is 0 Å². The first-order chi connectivity index (χ1) is 13.0. The highest BCUT2D eigenvalue weighted by molar-refractivity contribution is 6.32. The van der Waals surface area contributed by atoms with Crippen molar-refractivity contribution in [2.45, 2.75) is 20.8 Å². The van der Waals surface area contributed by atoms with Crippen molar-refractivity contribution < 1.29 is 4.79 Å². The van der Waals surface area contributed by atoms with E-state index in [-0.39, 0.29) is 5.91 Å². The van der Waals surface area contributed by atoms with E-state index in [4.69, 9.17) is 16.6 Å². The van der Waals surface area contributed by atoms with Crippen LogP contribution < -0.4 is 0 Å². The first-order valence-corrected chi connectivity index (χ1v) is 8.92. The second-order valence-corrected chi connectivity index (χ2v) is 6.89. The Kier molecular flexibility index (Phi) is 4.24. The van der Waals surface area contributed by atoms with Crippen LogP contribution in [0.2, 0.25) is 5.02 Å². The number of hydrogen-bond donors (Lipinski definition) is 0. The summed E-state index contributed by atoms with van der Waals surface area (Å²) in [6, 6.07) is 12.9.